The highest BCUT2D eigenvalue weighted by Crippen LogP contribution is 2.28. The Morgan fingerprint density at radius 3 is 2.81 bits per heavy atom. The molecule has 0 fully saturated rings. The van der Waals surface area contributed by atoms with Crippen molar-refractivity contribution in [3.05, 3.63) is 69.0 Å². The van der Waals surface area contributed by atoms with Crippen molar-refractivity contribution >= 4 is 39.3 Å². The van der Waals surface area contributed by atoms with E-state index in [4.69, 9.17) is 16.3 Å². The minimum absolute atomic E-state index is 0.162. The van der Waals surface area contributed by atoms with Gasteiger partial charge in [0.05, 0.1) is 4.47 Å². The molecule has 0 aliphatic heterocycles. The first-order valence-electron chi connectivity index (χ1n) is 7.78. The van der Waals surface area contributed by atoms with Crippen molar-refractivity contribution in [3.63, 3.8) is 0 Å². The molecule has 2 heterocycles. The predicted molar refractivity (Wildman–Crippen MR) is 104 cm³/mol. The van der Waals surface area contributed by atoms with Gasteiger partial charge in [0.15, 0.2) is 12.4 Å². The fourth-order valence-electron chi connectivity index (χ4n) is 2.37. The van der Waals surface area contributed by atoms with Gasteiger partial charge in [-0.15, -0.1) is 0 Å². The Labute approximate surface area is 164 Å². The first kappa shape index (κ1) is 18.4. The van der Waals surface area contributed by atoms with Crippen LogP contribution in [-0.2, 0) is 6.73 Å². The molecule has 1 N–H and O–H groups in total. The van der Waals surface area contributed by atoms with Crippen molar-refractivity contribution in [1.82, 2.24) is 14.8 Å². The van der Waals surface area contributed by atoms with Gasteiger partial charge in [-0.2, -0.15) is 5.10 Å². The van der Waals surface area contributed by atoms with E-state index in [0.717, 1.165) is 15.7 Å². The third-order valence-corrected chi connectivity index (χ3v) is 4.31. The summed E-state index contributed by atoms with van der Waals surface area (Å²) in [6, 6.07) is 10.6. The highest BCUT2D eigenvalue weighted by Gasteiger charge is 2.11. The Bertz CT molecular complexity index is 938. The number of rotatable bonds is 5. The van der Waals surface area contributed by atoms with Crippen LogP contribution in [0.1, 0.15) is 21.7 Å². The molecule has 0 unspecified atom stereocenters. The van der Waals surface area contributed by atoms with Gasteiger partial charge >= 0.3 is 0 Å². The normalized spacial score (nSPS) is 10.6. The summed E-state index contributed by atoms with van der Waals surface area (Å²) in [4.78, 5) is 16.6. The van der Waals surface area contributed by atoms with Crippen LogP contribution in [0, 0.1) is 13.8 Å². The van der Waals surface area contributed by atoms with Gasteiger partial charge in [-0.05, 0) is 71.7 Å². The third-order valence-electron chi connectivity index (χ3n) is 3.46. The standard InChI is InChI=1S/C18H16BrClN4O2/c1-11-7-12(2)21-17(8-11)22-18(25)15-5-6-24(23-15)10-26-16-4-3-13(20)9-14(16)19/h3-9H,10H2,1-2H3,(H,21,22,25). The van der Waals surface area contributed by atoms with E-state index in [9.17, 15) is 4.79 Å². The second-order valence-corrected chi connectivity index (χ2v) is 7.00. The minimum atomic E-state index is -0.325. The molecule has 134 valence electrons. The van der Waals surface area contributed by atoms with Gasteiger partial charge in [0.2, 0.25) is 0 Å². The van der Waals surface area contributed by atoms with E-state index in [1.165, 1.54) is 4.68 Å². The summed E-state index contributed by atoms with van der Waals surface area (Å²) in [5.74, 6) is 0.813. The first-order chi connectivity index (χ1) is 12.4. The molecule has 0 saturated heterocycles. The Morgan fingerprint density at radius 2 is 2.08 bits per heavy atom. The van der Waals surface area contributed by atoms with E-state index in [2.05, 4.69) is 31.3 Å². The summed E-state index contributed by atoms with van der Waals surface area (Å²) in [6.45, 7) is 3.99. The highest BCUT2D eigenvalue weighted by molar-refractivity contribution is 9.10. The Balaban J connectivity index is 1.64. The number of aromatic nitrogens is 3. The summed E-state index contributed by atoms with van der Waals surface area (Å²) < 4.78 is 7.95. The van der Waals surface area contributed by atoms with Crippen LogP contribution in [0.15, 0.2) is 47.1 Å². The molecule has 0 aliphatic carbocycles. The quantitative estimate of drug-likeness (QED) is 0.636. The lowest BCUT2D eigenvalue weighted by molar-refractivity contribution is 0.102. The molecule has 26 heavy (non-hydrogen) atoms. The van der Waals surface area contributed by atoms with Gasteiger partial charge in [0.1, 0.15) is 11.6 Å². The van der Waals surface area contributed by atoms with Crippen molar-refractivity contribution in [2.45, 2.75) is 20.6 Å². The monoisotopic (exact) mass is 434 g/mol. The maximum atomic E-state index is 12.3. The van der Waals surface area contributed by atoms with Gasteiger partial charge in [-0.25, -0.2) is 9.67 Å². The molecule has 2 aromatic heterocycles. The van der Waals surface area contributed by atoms with Crippen LogP contribution in [0.3, 0.4) is 0 Å². The van der Waals surface area contributed by atoms with Gasteiger partial charge in [-0.3, -0.25) is 4.79 Å². The summed E-state index contributed by atoms with van der Waals surface area (Å²) in [5.41, 5.74) is 2.15. The molecular formula is C18H16BrClN4O2. The number of ether oxygens (including phenoxy) is 1. The van der Waals surface area contributed by atoms with Crippen LogP contribution in [0.2, 0.25) is 5.02 Å². The number of halogens is 2. The summed E-state index contributed by atoms with van der Waals surface area (Å²) in [6.07, 6.45) is 1.67. The number of anilines is 1. The van der Waals surface area contributed by atoms with Crippen molar-refractivity contribution < 1.29 is 9.53 Å². The van der Waals surface area contributed by atoms with Crippen LogP contribution in [0.4, 0.5) is 5.82 Å². The highest BCUT2D eigenvalue weighted by atomic mass is 79.9. The molecule has 1 amide bonds. The number of benzene rings is 1. The van der Waals surface area contributed by atoms with E-state index in [0.29, 0.717) is 16.6 Å². The predicted octanol–water partition coefficient (Wildman–Crippen LogP) is 4.60. The second kappa shape index (κ2) is 7.88. The number of hydrogen-bond acceptors (Lipinski definition) is 4. The topological polar surface area (TPSA) is 69.0 Å². The van der Waals surface area contributed by atoms with E-state index in [1.807, 2.05) is 26.0 Å². The van der Waals surface area contributed by atoms with Crippen LogP contribution in [0.5, 0.6) is 5.75 Å². The SMILES string of the molecule is Cc1cc(C)nc(NC(=O)c2ccn(COc3ccc(Cl)cc3Br)n2)c1. The molecular weight excluding hydrogens is 420 g/mol. The zero-order chi connectivity index (χ0) is 18.7. The first-order valence-corrected chi connectivity index (χ1v) is 8.96. The summed E-state index contributed by atoms with van der Waals surface area (Å²) in [5, 5.41) is 7.59. The van der Waals surface area contributed by atoms with Crippen LogP contribution >= 0.6 is 27.5 Å². The number of nitrogens with one attached hydrogen (secondary N) is 1. The number of carbonyl (C=O) groups is 1. The van der Waals surface area contributed by atoms with Crippen molar-refractivity contribution in [1.29, 1.82) is 0 Å². The van der Waals surface area contributed by atoms with E-state index in [-0.39, 0.29) is 18.3 Å². The Hall–Kier alpha value is -2.38. The molecule has 3 rings (SSSR count). The van der Waals surface area contributed by atoms with Crippen LogP contribution < -0.4 is 10.1 Å². The maximum absolute atomic E-state index is 12.3. The fourth-order valence-corrected chi connectivity index (χ4v) is 3.17. The van der Waals surface area contributed by atoms with E-state index in [1.54, 1.807) is 30.5 Å². The van der Waals surface area contributed by atoms with E-state index >= 15 is 0 Å². The zero-order valence-electron chi connectivity index (χ0n) is 14.2. The van der Waals surface area contributed by atoms with Crippen LogP contribution in [0.25, 0.3) is 0 Å². The summed E-state index contributed by atoms with van der Waals surface area (Å²) in [7, 11) is 0. The second-order valence-electron chi connectivity index (χ2n) is 5.71. The molecule has 0 atom stereocenters. The molecule has 0 bridgehead atoms. The fraction of sp³-hybridized carbons (Fsp3) is 0.167. The number of nitrogens with zero attached hydrogens (tertiary/aromatic N) is 3. The van der Waals surface area contributed by atoms with Gasteiger partial charge in [0.25, 0.3) is 5.91 Å². The summed E-state index contributed by atoms with van der Waals surface area (Å²) >= 11 is 9.29. The number of amides is 1. The van der Waals surface area contributed by atoms with Crippen LogP contribution in [-0.4, -0.2) is 20.7 Å². The maximum Gasteiger partial charge on any atom is 0.277 e. The average molecular weight is 436 g/mol. The molecule has 3 aromatic rings. The lowest BCUT2D eigenvalue weighted by atomic mass is 10.2. The number of pyridine rings is 1. The zero-order valence-corrected chi connectivity index (χ0v) is 16.5. The number of hydrogen-bond donors (Lipinski definition) is 1. The van der Waals surface area contributed by atoms with Crippen molar-refractivity contribution in [2.24, 2.45) is 0 Å². The third kappa shape index (κ3) is 4.62. The average Bonchev–Trinajstić information content (AvgIpc) is 3.02. The van der Waals surface area contributed by atoms with Gasteiger partial charge < -0.3 is 10.1 Å². The number of carbonyl (C=O) groups excluding carboxylic acids is 1. The molecule has 8 heteroatoms. The molecule has 0 radical (unpaired) electrons. The molecule has 0 saturated carbocycles. The molecule has 1 aromatic carbocycles. The van der Waals surface area contributed by atoms with Gasteiger partial charge in [0, 0.05) is 16.9 Å². The Morgan fingerprint density at radius 1 is 1.27 bits per heavy atom. The minimum Gasteiger partial charge on any atom is -0.470 e. The lowest BCUT2D eigenvalue weighted by Gasteiger charge is -2.08. The largest absolute Gasteiger partial charge is 0.470 e. The smallest absolute Gasteiger partial charge is 0.277 e. The molecule has 0 spiro atoms. The lowest BCUT2D eigenvalue weighted by Crippen LogP contribution is -2.15. The number of aryl methyl sites for hydroxylation is 2. The molecule has 6 nitrogen and oxygen atoms in total. The molecule has 0 aliphatic rings. The Kier molecular flexibility index (Phi) is 5.58. The van der Waals surface area contributed by atoms with E-state index < -0.39 is 0 Å². The van der Waals surface area contributed by atoms with Gasteiger partial charge in [-0.1, -0.05) is 11.6 Å². The van der Waals surface area contributed by atoms with Crippen molar-refractivity contribution in [2.75, 3.05) is 5.32 Å². The van der Waals surface area contributed by atoms with Crippen molar-refractivity contribution in [3.8, 4) is 5.75 Å².